The minimum atomic E-state index is -0.243. The summed E-state index contributed by atoms with van der Waals surface area (Å²) in [6, 6.07) is 11.5. The lowest BCUT2D eigenvalue weighted by Crippen LogP contribution is -2.06. The van der Waals surface area contributed by atoms with Gasteiger partial charge in [-0.25, -0.2) is 9.37 Å². The number of nitrogens with two attached hydrogens (primary N) is 1. The van der Waals surface area contributed by atoms with Crippen LogP contribution in [0, 0.1) is 9.39 Å². The summed E-state index contributed by atoms with van der Waals surface area (Å²) in [7, 11) is 0. The van der Waals surface area contributed by atoms with Gasteiger partial charge in [-0.05, 0) is 46.2 Å². The van der Waals surface area contributed by atoms with Crippen LogP contribution in [-0.2, 0) is 13.0 Å². The zero-order valence-electron chi connectivity index (χ0n) is 11.6. The molecule has 1 heterocycles. The summed E-state index contributed by atoms with van der Waals surface area (Å²) in [5.41, 5.74) is 9.93. The van der Waals surface area contributed by atoms with E-state index in [1.165, 1.54) is 17.2 Å². The number of nitrogens with zero attached hydrogens (tertiary/aromatic N) is 2. The summed E-state index contributed by atoms with van der Waals surface area (Å²) in [5.74, 6) is 0.172. The van der Waals surface area contributed by atoms with Gasteiger partial charge in [0.25, 0.3) is 0 Å². The molecule has 0 aliphatic carbocycles. The molecule has 0 aliphatic heterocycles. The lowest BCUT2D eigenvalue weighted by Gasteiger charge is -2.11. The Bertz CT molecular complexity index is 811. The number of hydrogen-bond acceptors (Lipinski definition) is 2. The molecule has 2 aromatic carbocycles. The van der Waals surface area contributed by atoms with Crippen LogP contribution in [0.5, 0.6) is 0 Å². The molecule has 0 aliphatic rings. The minimum absolute atomic E-state index is 0.243. The van der Waals surface area contributed by atoms with E-state index < -0.39 is 0 Å². The fourth-order valence-corrected chi connectivity index (χ4v) is 2.98. The first-order valence-corrected chi connectivity index (χ1v) is 7.85. The van der Waals surface area contributed by atoms with Gasteiger partial charge in [0.1, 0.15) is 5.82 Å². The monoisotopic (exact) mass is 395 g/mol. The third kappa shape index (κ3) is 2.62. The van der Waals surface area contributed by atoms with Crippen molar-refractivity contribution in [3.05, 3.63) is 56.9 Å². The van der Waals surface area contributed by atoms with Crippen molar-refractivity contribution in [3.63, 3.8) is 0 Å². The van der Waals surface area contributed by atoms with E-state index in [9.17, 15) is 4.39 Å². The van der Waals surface area contributed by atoms with Gasteiger partial charge >= 0.3 is 0 Å². The quantitative estimate of drug-likeness (QED) is 0.682. The van der Waals surface area contributed by atoms with Crippen LogP contribution in [0.1, 0.15) is 18.1 Å². The van der Waals surface area contributed by atoms with Crippen LogP contribution in [-0.4, -0.2) is 9.55 Å². The van der Waals surface area contributed by atoms with E-state index >= 15 is 0 Å². The molecule has 3 nitrogen and oxygen atoms in total. The highest BCUT2D eigenvalue weighted by Gasteiger charge is 2.12. The average Bonchev–Trinajstić information content (AvgIpc) is 2.76. The van der Waals surface area contributed by atoms with E-state index in [1.54, 1.807) is 6.07 Å². The van der Waals surface area contributed by atoms with Crippen LogP contribution in [0.3, 0.4) is 0 Å². The first kappa shape index (κ1) is 14.3. The van der Waals surface area contributed by atoms with Gasteiger partial charge in [-0.2, -0.15) is 0 Å². The molecule has 2 N–H and O–H groups in total. The standard InChI is InChI=1S/C16H15FIN3/c1-2-10-5-3-4-6-11(10)9-21-15-7-12(17)13(18)8-14(15)20-16(21)19/h3-8H,2,9H2,1H3,(H2,19,20). The van der Waals surface area contributed by atoms with Crippen molar-refractivity contribution in [2.75, 3.05) is 5.73 Å². The smallest absolute Gasteiger partial charge is 0.201 e. The Morgan fingerprint density at radius 1 is 1.24 bits per heavy atom. The van der Waals surface area contributed by atoms with Crippen molar-refractivity contribution in [1.29, 1.82) is 0 Å². The maximum Gasteiger partial charge on any atom is 0.201 e. The molecule has 3 aromatic rings. The molecule has 3 rings (SSSR count). The number of halogens is 2. The molecular weight excluding hydrogens is 380 g/mol. The predicted molar refractivity (Wildman–Crippen MR) is 91.7 cm³/mol. The molecule has 0 saturated heterocycles. The second kappa shape index (κ2) is 5.63. The molecule has 0 amide bonds. The van der Waals surface area contributed by atoms with Crippen LogP contribution < -0.4 is 5.73 Å². The van der Waals surface area contributed by atoms with Crippen molar-refractivity contribution in [3.8, 4) is 0 Å². The Kier molecular flexibility index (Phi) is 3.84. The van der Waals surface area contributed by atoms with Crippen LogP contribution in [0.2, 0.25) is 0 Å². The van der Waals surface area contributed by atoms with E-state index in [-0.39, 0.29) is 5.82 Å². The van der Waals surface area contributed by atoms with Gasteiger partial charge in [-0.15, -0.1) is 0 Å². The number of aromatic nitrogens is 2. The largest absolute Gasteiger partial charge is 0.369 e. The second-order valence-electron chi connectivity index (χ2n) is 4.93. The number of benzene rings is 2. The maximum atomic E-state index is 13.8. The summed E-state index contributed by atoms with van der Waals surface area (Å²) < 4.78 is 16.3. The third-order valence-corrected chi connectivity index (χ3v) is 4.47. The third-order valence-electron chi connectivity index (χ3n) is 3.65. The normalized spacial score (nSPS) is 11.2. The predicted octanol–water partition coefficient (Wildman–Crippen LogP) is 3.97. The summed E-state index contributed by atoms with van der Waals surface area (Å²) >= 11 is 1.96. The van der Waals surface area contributed by atoms with E-state index in [0.29, 0.717) is 16.1 Å². The van der Waals surface area contributed by atoms with E-state index in [1.807, 2.05) is 39.3 Å². The lowest BCUT2D eigenvalue weighted by atomic mass is 10.1. The van der Waals surface area contributed by atoms with Gasteiger partial charge < -0.3 is 10.3 Å². The Morgan fingerprint density at radius 3 is 2.67 bits per heavy atom. The van der Waals surface area contributed by atoms with Gasteiger partial charge in [0, 0.05) is 6.07 Å². The number of aryl methyl sites for hydroxylation is 1. The van der Waals surface area contributed by atoms with Crippen molar-refractivity contribution in [2.24, 2.45) is 0 Å². The Labute approximate surface area is 136 Å². The molecule has 0 radical (unpaired) electrons. The Morgan fingerprint density at radius 2 is 1.95 bits per heavy atom. The SMILES string of the molecule is CCc1ccccc1Cn1c(N)nc2cc(I)c(F)cc21. The summed E-state index contributed by atoms with van der Waals surface area (Å²) in [6.45, 7) is 2.72. The van der Waals surface area contributed by atoms with Gasteiger partial charge in [-0.1, -0.05) is 31.2 Å². The highest BCUT2D eigenvalue weighted by atomic mass is 127. The number of rotatable bonds is 3. The highest BCUT2D eigenvalue weighted by Crippen LogP contribution is 2.24. The topological polar surface area (TPSA) is 43.8 Å². The van der Waals surface area contributed by atoms with Crippen molar-refractivity contribution in [2.45, 2.75) is 19.9 Å². The molecular formula is C16H15FIN3. The van der Waals surface area contributed by atoms with E-state index in [2.05, 4.69) is 24.0 Å². The molecule has 0 spiro atoms. The van der Waals surface area contributed by atoms with Gasteiger partial charge in [0.15, 0.2) is 0 Å². The van der Waals surface area contributed by atoms with Crippen LogP contribution in [0.25, 0.3) is 11.0 Å². The first-order chi connectivity index (χ1) is 10.1. The van der Waals surface area contributed by atoms with Crippen LogP contribution in [0.15, 0.2) is 36.4 Å². The molecule has 0 atom stereocenters. The van der Waals surface area contributed by atoms with Crippen LogP contribution in [0.4, 0.5) is 10.3 Å². The molecule has 0 saturated carbocycles. The molecule has 1 aromatic heterocycles. The Balaban J connectivity index is 2.12. The fraction of sp³-hybridized carbons (Fsp3) is 0.188. The minimum Gasteiger partial charge on any atom is -0.369 e. The first-order valence-electron chi connectivity index (χ1n) is 6.77. The lowest BCUT2D eigenvalue weighted by molar-refractivity contribution is 0.621. The number of imidazole rings is 1. The van der Waals surface area contributed by atoms with Crippen LogP contribution >= 0.6 is 22.6 Å². The summed E-state index contributed by atoms with van der Waals surface area (Å²) in [4.78, 5) is 4.34. The molecule has 0 bridgehead atoms. The molecule has 0 unspecified atom stereocenters. The molecule has 108 valence electrons. The zero-order chi connectivity index (χ0) is 15.0. The van der Waals surface area contributed by atoms with E-state index in [4.69, 9.17) is 5.73 Å². The number of anilines is 1. The summed E-state index contributed by atoms with van der Waals surface area (Å²) in [5, 5.41) is 0. The Hall–Kier alpha value is -1.63. The van der Waals surface area contributed by atoms with Gasteiger partial charge in [0.2, 0.25) is 5.95 Å². The van der Waals surface area contributed by atoms with Crippen molar-refractivity contribution >= 4 is 39.6 Å². The zero-order valence-corrected chi connectivity index (χ0v) is 13.8. The van der Waals surface area contributed by atoms with Gasteiger partial charge in [0.05, 0.1) is 21.1 Å². The number of hydrogen-bond donors (Lipinski definition) is 1. The number of nitrogen functional groups attached to an aromatic ring is 1. The van der Waals surface area contributed by atoms with Gasteiger partial charge in [-0.3, -0.25) is 0 Å². The summed E-state index contributed by atoms with van der Waals surface area (Å²) in [6.07, 6.45) is 0.953. The molecule has 21 heavy (non-hydrogen) atoms. The van der Waals surface area contributed by atoms with E-state index in [0.717, 1.165) is 17.5 Å². The number of fused-ring (bicyclic) bond motifs is 1. The average molecular weight is 395 g/mol. The van der Waals surface area contributed by atoms with Crippen molar-refractivity contribution in [1.82, 2.24) is 9.55 Å². The molecule has 5 heteroatoms. The second-order valence-corrected chi connectivity index (χ2v) is 6.10. The molecule has 0 fully saturated rings. The maximum absolute atomic E-state index is 13.8. The highest BCUT2D eigenvalue weighted by molar-refractivity contribution is 14.1. The van der Waals surface area contributed by atoms with Crippen molar-refractivity contribution < 1.29 is 4.39 Å². The fourth-order valence-electron chi connectivity index (χ4n) is 2.53.